The van der Waals surface area contributed by atoms with Crippen molar-refractivity contribution in [2.45, 2.75) is 32.2 Å². The lowest BCUT2D eigenvalue weighted by Crippen LogP contribution is -2.43. The Morgan fingerprint density at radius 1 is 1.41 bits per heavy atom. The molecule has 1 aliphatic carbocycles. The molecule has 0 aromatic heterocycles. The minimum absolute atomic E-state index is 0.174. The van der Waals surface area contributed by atoms with Gasteiger partial charge in [-0.3, -0.25) is 4.90 Å². The Morgan fingerprint density at radius 3 is 2.71 bits per heavy atom. The second-order valence-electron chi connectivity index (χ2n) is 4.41. The van der Waals surface area contributed by atoms with Crippen LogP contribution in [0.3, 0.4) is 0 Å². The molecule has 0 N–H and O–H groups in total. The smallest absolute Gasteiger partial charge is 0.135 e. The molecule has 1 aliphatic rings. The van der Waals surface area contributed by atoms with Gasteiger partial charge >= 0.3 is 0 Å². The summed E-state index contributed by atoms with van der Waals surface area (Å²) in [7, 11) is 0. The lowest BCUT2D eigenvalue weighted by molar-refractivity contribution is 0.153. The highest BCUT2D eigenvalue weighted by molar-refractivity contribution is 5.44. The molecule has 0 fully saturated rings. The van der Waals surface area contributed by atoms with Crippen molar-refractivity contribution in [3.05, 3.63) is 35.1 Å². The van der Waals surface area contributed by atoms with Gasteiger partial charge in [-0.1, -0.05) is 26.0 Å². The molecule has 0 spiro atoms. The summed E-state index contributed by atoms with van der Waals surface area (Å²) in [5.74, 6) is -0.174. The molecule has 1 atom stereocenters. The summed E-state index contributed by atoms with van der Waals surface area (Å²) in [5, 5.41) is 9.57. The SMILES string of the molecule is CCN(CC)C1(C#N)CCc2c(F)cccc21. The summed E-state index contributed by atoms with van der Waals surface area (Å²) in [6.07, 6.45) is 1.35. The standard InChI is InChI=1S/C14H17FN2/c1-3-17(4-2)14(10-16)9-8-11-12(14)6-5-7-13(11)15/h5-7H,3-4,8-9H2,1-2H3. The number of hydrogen-bond acceptors (Lipinski definition) is 2. The maximum Gasteiger partial charge on any atom is 0.135 e. The molecule has 0 radical (unpaired) electrons. The van der Waals surface area contributed by atoms with Crippen molar-refractivity contribution in [2.24, 2.45) is 0 Å². The number of rotatable bonds is 3. The van der Waals surface area contributed by atoms with E-state index in [1.807, 2.05) is 19.9 Å². The topological polar surface area (TPSA) is 27.0 Å². The molecule has 0 bridgehead atoms. The molecule has 2 rings (SSSR count). The molecule has 2 nitrogen and oxygen atoms in total. The number of nitriles is 1. The molecule has 0 heterocycles. The first-order chi connectivity index (χ1) is 8.19. The zero-order valence-corrected chi connectivity index (χ0v) is 10.3. The summed E-state index contributed by atoms with van der Waals surface area (Å²) in [6, 6.07) is 7.50. The van der Waals surface area contributed by atoms with E-state index in [0.717, 1.165) is 24.2 Å². The van der Waals surface area contributed by atoms with Crippen LogP contribution >= 0.6 is 0 Å². The highest BCUT2D eigenvalue weighted by atomic mass is 19.1. The van der Waals surface area contributed by atoms with Gasteiger partial charge in [0.15, 0.2) is 0 Å². The predicted molar refractivity (Wildman–Crippen MR) is 64.9 cm³/mol. The van der Waals surface area contributed by atoms with Crippen LogP contribution in [0.15, 0.2) is 18.2 Å². The van der Waals surface area contributed by atoms with Gasteiger partial charge in [-0.15, -0.1) is 0 Å². The lowest BCUT2D eigenvalue weighted by atomic mass is 9.91. The van der Waals surface area contributed by atoms with Crippen LogP contribution in [0.5, 0.6) is 0 Å². The third-order valence-corrected chi connectivity index (χ3v) is 3.79. The van der Waals surface area contributed by atoms with Gasteiger partial charge in [0, 0.05) is 0 Å². The minimum atomic E-state index is -0.624. The van der Waals surface area contributed by atoms with E-state index in [2.05, 4.69) is 11.0 Å². The van der Waals surface area contributed by atoms with Gasteiger partial charge in [-0.05, 0) is 43.1 Å². The van der Waals surface area contributed by atoms with Gasteiger partial charge in [0.2, 0.25) is 0 Å². The predicted octanol–water partition coefficient (Wildman–Crippen LogP) is 2.83. The third kappa shape index (κ3) is 1.64. The van der Waals surface area contributed by atoms with Crippen molar-refractivity contribution in [3.8, 4) is 6.07 Å². The van der Waals surface area contributed by atoms with Crippen LogP contribution in [0.1, 0.15) is 31.4 Å². The highest BCUT2D eigenvalue weighted by Gasteiger charge is 2.43. The molecular formula is C14H17FN2. The fourth-order valence-corrected chi connectivity index (χ4v) is 2.92. The van der Waals surface area contributed by atoms with E-state index in [4.69, 9.17) is 0 Å². The first-order valence-corrected chi connectivity index (χ1v) is 6.13. The van der Waals surface area contributed by atoms with Gasteiger partial charge in [0.1, 0.15) is 11.4 Å². The first-order valence-electron chi connectivity index (χ1n) is 6.13. The fraction of sp³-hybridized carbons (Fsp3) is 0.500. The molecular weight excluding hydrogens is 215 g/mol. The zero-order chi connectivity index (χ0) is 12.5. The van der Waals surface area contributed by atoms with E-state index in [1.54, 1.807) is 6.07 Å². The first kappa shape index (κ1) is 12.1. The van der Waals surface area contributed by atoms with Gasteiger partial charge in [-0.25, -0.2) is 4.39 Å². The van der Waals surface area contributed by atoms with Crippen molar-refractivity contribution in [3.63, 3.8) is 0 Å². The summed E-state index contributed by atoms with van der Waals surface area (Å²) < 4.78 is 13.7. The maximum atomic E-state index is 13.7. The average Bonchev–Trinajstić information content (AvgIpc) is 2.73. The molecule has 0 saturated heterocycles. The normalized spacial score (nSPS) is 22.5. The molecule has 17 heavy (non-hydrogen) atoms. The van der Waals surface area contributed by atoms with Crippen molar-refractivity contribution in [1.82, 2.24) is 4.90 Å². The molecule has 1 aromatic rings. The second kappa shape index (κ2) is 4.46. The van der Waals surface area contributed by atoms with Crippen LogP contribution in [-0.4, -0.2) is 18.0 Å². The molecule has 1 aromatic carbocycles. The number of nitrogens with zero attached hydrogens (tertiary/aromatic N) is 2. The van der Waals surface area contributed by atoms with Crippen LogP contribution in [-0.2, 0) is 12.0 Å². The molecule has 90 valence electrons. The Bertz CT molecular complexity index is 460. The number of halogens is 1. The fourth-order valence-electron chi connectivity index (χ4n) is 2.92. The van der Waals surface area contributed by atoms with Crippen molar-refractivity contribution < 1.29 is 4.39 Å². The number of fused-ring (bicyclic) bond motifs is 1. The average molecular weight is 232 g/mol. The summed E-state index contributed by atoms with van der Waals surface area (Å²) >= 11 is 0. The van der Waals surface area contributed by atoms with Gasteiger partial charge in [0.25, 0.3) is 0 Å². The molecule has 0 saturated carbocycles. The molecule has 0 aliphatic heterocycles. The minimum Gasteiger partial charge on any atom is -0.282 e. The Morgan fingerprint density at radius 2 is 2.12 bits per heavy atom. The quantitative estimate of drug-likeness (QED) is 0.801. The van der Waals surface area contributed by atoms with E-state index in [-0.39, 0.29) is 5.82 Å². The Hall–Kier alpha value is -1.40. The van der Waals surface area contributed by atoms with E-state index >= 15 is 0 Å². The van der Waals surface area contributed by atoms with Crippen LogP contribution < -0.4 is 0 Å². The van der Waals surface area contributed by atoms with Gasteiger partial charge in [-0.2, -0.15) is 5.26 Å². The van der Waals surface area contributed by atoms with E-state index < -0.39 is 5.54 Å². The van der Waals surface area contributed by atoms with Crippen LogP contribution in [0, 0.1) is 17.1 Å². The second-order valence-corrected chi connectivity index (χ2v) is 4.41. The molecule has 1 unspecified atom stereocenters. The largest absolute Gasteiger partial charge is 0.282 e. The van der Waals surface area contributed by atoms with E-state index in [0.29, 0.717) is 12.8 Å². The molecule has 0 amide bonds. The summed E-state index contributed by atoms with van der Waals surface area (Å²) in [4.78, 5) is 2.12. The highest BCUT2D eigenvalue weighted by Crippen LogP contribution is 2.41. The summed E-state index contributed by atoms with van der Waals surface area (Å²) in [6.45, 7) is 5.69. The number of benzene rings is 1. The Labute approximate surface area is 102 Å². The van der Waals surface area contributed by atoms with E-state index in [9.17, 15) is 9.65 Å². The Kier molecular flexibility index (Phi) is 3.17. The zero-order valence-electron chi connectivity index (χ0n) is 10.3. The third-order valence-electron chi connectivity index (χ3n) is 3.79. The van der Waals surface area contributed by atoms with E-state index in [1.165, 1.54) is 6.07 Å². The molecule has 3 heteroatoms. The Balaban J connectivity index is 2.56. The van der Waals surface area contributed by atoms with Gasteiger partial charge < -0.3 is 0 Å². The lowest BCUT2D eigenvalue weighted by Gasteiger charge is -2.35. The van der Waals surface area contributed by atoms with Gasteiger partial charge in [0.05, 0.1) is 6.07 Å². The van der Waals surface area contributed by atoms with Crippen molar-refractivity contribution in [2.75, 3.05) is 13.1 Å². The summed E-state index contributed by atoms with van der Waals surface area (Å²) in [5.41, 5.74) is 0.964. The van der Waals surface area contributed by atoms with Crippen LogP contribution in [0.4, 0.5) is 4.39 Å². The van der Waals surface area contributed by atoms with Crippen molar-refractivity contribution in [1.29, 1.82) is 5.26 Å². The number of hydrogen-bond donors (Lipinski definition) is 0. The maximum absolute atomic E-state index is 13.7. The van der Waals surface area contributed by atoms with Crippen LogP contribution in [0.25, 0.3) is 0 Å². The van der Waals surface area contributed by atoms with Crippen LogP contribution in [0.2, 0.25) is 0 Å². The van der Waals surface area contributed by atoms with Crippen molar-refractivity contribution >= 4 is 0 Å². The monoisotopic (exact) mass is 232 g/mol.